The fourth-order valence-corrected chi connectivity index (χ4v) is 2.01. The summed E-state index contributed by atoms with van der Waals surface area (Å²) in [6, 6.07) is 8.45. The zero-order valence-corrected chi connectivity index (χ0v) is 12.9. The van der Waals surface area contributed by atoms with Gasteiger partial charge in [-0.05, 0) is 43.3 Å². The van der Waals surface area contributed by atoms with E-state index in [4.69, 9.17) is 16.3 Å². The lowest BCUT2D eigenvalue weighted by Crippen LogP contribution is -2.14. The third-order valence-corrected chi connectivity index (χ3v) is 3.30. The molecule has 1 aromatic carbocycles. The Kier molecular flexibility index (Phi) is 5.53. The maximum Gasteiger partial charge on any atom is 0.142 e. The van der Waals surface area contributed by atoms with Gasteiger partial charge in [0.2, 0.25) is 0 Å². The molecule has 0 aliphatic carbocycles. The van der Waals surface area contributed by atoms with Gasteiger partial charge in [0.05, 0.1) is 10.7 Å². The summed E-state index contributed by atoms with van der Waals surface area (Å²) in [5.41, 5.74) is 2.52. The van der Waals surface area contributed by atoms with Crippen LogP contribution in [0.4, 0.5) is 4.39 Å². The largest absolute Gasteiger partial charge is 0.487 e. The highest BCUT2D eigenvalue weighted by atomic mass is 35.5. The highest BCUT2D eigenvalue weighted by Crippen LogP contribution is 2.20. The summed E-state index contributed by atoms with van der Waals surface area (Å²) < 4.78 is 19.2. The molecule has 5 heteroatoms. The summed E-state index contributed by atoms with van der Waals surface area (Å²) in [5.74, 6) is 0.268. The first-order valence-electron chi connectivity index (χ1n) is 6.84. The molecule has 0 unspecified atom stereocenters. The number of nitrogens with one attached hydrogen (secondary N) is 1. The number of hydrogen-bond acceptors (Lipinski definition) is 3. The van der Waals surface area contributed by atoms with Gasteiger partial charge in [-0.1, -0.05) is 24.6 Å². The van der Waals surface area contributed by atoms with E-state index in [9.17, 15) is 4.39 Å². The maximum atomic E-state index is 13.4. The molecule has 112 valence electrons. The summed E-state index contributed by atoms with van der Waals surface area (Å²) in [6.45, 7) is 5.75. The van der Waals surface area contributed by atoms with Gasteiger partial charge in [0.15, 0.2) is 0 Å². The minimum atomic E-state index is -0.437. The molecule has 0 spiro atoms. The second kappa shape index (κ2) is 7.38. The SMILES string of the molecule is CCNCc1nc(C)ccc1OCc1ccc(Cl)c(F)c1. The van der Waals surface area contributed by atoms with Gasteiger partial charge < -0.3 is 10.1 Å². The van der Waals surface area contributed by atoms with Crippen LogP contribution >= 0.6 is 11.6 Å². The van der Waals surface area contributed by atoms with E-state index in [1.807, 2.05) is 26.0 Å². The fraction of sp³-hybridized carbons (Fsp3) is 0.312. The lowest BCUT2D eigenvalue weighted by atomic mass is 10.2. The Hall–Kier alpha value is -1.65. The average molecular weight is 309 g/mol. The minimum Gasteiger partial charge on any atom is -0.487 e. The van der Waals surface area contributed by atoms with Crippen LogP contribution in [0, 0.1) is 12.7 Å². The van der Waals surface area contributed by atoms with E-state index in [-0.39, 0.29) is 11.6 Å². The number of aromatic nitrogens is 1. The van der Waals surface area contributed by atoms with Gasteiger partial charge in [-0.2, -0.15) is 0 Å². The van der Waals surface area contributed by atoms with Crippen molar-refractivity contribution in [1.29, 1.82) is 0 Å². The highest BCUT2D eigenvalue weighted by Gasteiger charge is 2.07. The molecule has 0 radical (unpaired) electrons. The molecule has 1 N–H and O–H groups in total. The normalized spacial score (nSPS) is 10.7. The van der Waals surface area contributed by atoms with Crippen LogP contribution in [0.3, 0.4) is 0 Å². The second-order valence-corrected chi connectivity index (χ2v) is 5.12. The van der Waals surface area contributed by atoms with E-state index in [0.29, 0.717) is 12.3 Å². The number of benzene rings is 1. The van der Waals surface area contributed by atoms with E-state index in [0.717, 1.165) is 23.5 Å². The minimum absolute atomic E-state index is 0.114. The monoisotopic (exact) mass is 308 g/mol. The number of nitrogens with zero attached hydrogens (tertiary/aromatic N) is 1. The number of halogens is 2. The van der Waals surface area contributed by atoms with Crippen LogP contribution in [0.2, 0.25) is 5.02 Å². The van der Waals surface area contributed by atoms with Crippen molar-refractivity contribution in [3.8, 4) is 5.75 Å². The quantitative estimate of drug-likeness (QED) is 0.879. The first kappa shape index (κ1) is 15.7. The zero-order chi connectivity index (χ0) is 15.2. The summed E-state index contributed by atoms with van der Waals surface area (Å²) in [4.78, 5) is 4.47. The van der Waals surface area contributed by atoms with Crippen molar-refractivity contribution in [2.75, 3.05) is 6.54 Å². The smallest absolute Gasteiger partial charge is 0.142 e. The van der Waals surface area contributed by atoms with E-state index >= 15 is 0 Å². The van der Waals surface area contributed by atoms with Crippen molar-refractivity contribution in [2.45, 2.75) is 27.0 Å². The molecule has 21 heavy (non-hydrogen) atoms. The van der Waals surface area contributed by atoms with Gasteiger partial charge in [0.25, 0.3) is 0 Å². The fourth-order valence-electron chi connectivity index (χ4n) is 1.89. The van der Waals surface area contributed by atoms with Crippen molar-refractivity contribution in [1.82, 2.24) is 10.3 Å². The van der Waals surface area contributed by atoms with Crippen LogP contribution in [-0.2, 0) is 13.2 Å². The van der Waals surface area contributed by atoms with Crippen molar-refractivity contribution in [3.05, 3.63) is 58.1 Å². The molecular weight excluding hydrogens is 291 g/mol. The topological polar surface area (TPSA) is 34.2 Å². The predicted molar refractivity (Wildman–Crippen MR) is 82.1 cm³/mol. The van der Waals surface area contributed by atoms with Gasteiger partial charge >= 0.3 is 0 Å². The van der Waals surface area contributed by atoms with Gasteiger partial charge in [-0.25, -0.2) is 4.39 Å². The van der Waals surface area contributed by atoms with Crippen molar-refractivity contribution < 1.29 is 9.13 Å². The lowest BCUT2D eigenvalue weighted by Gasteiger charge is -2.12. The van der Waals surface area contributed by atoms with Crippen LogP contribution in [0.15, 0.2) is 30.3 Å². The van der Waals surface area contributed by atoms with Crippen LogP contribution in [-0.4, -0.2) is 11.5 Å². The predicted octanol–water partition coefficient (Wildman–Crippen LogP) is 3.87. The number of aryl methyl sites for hydroxylation is 1. The van der Waals surface area contributed by atoms with Crippen LogP contribution in [0.1, 0.15) is 23.9 Å². The van der Waals surface area contributed by atoms with Crippen molar-refractivity contribution >= 4 is 11.6 Å². The lowest BCUT2D eigenvalue weighted by molar-refractivity contribution is 0.299. The summed E-state index contributed by atoms with van der Waals surface area (Å²) >= 11 is 5.66. The van der Waals surface area contributed by atoms with Crippen molar-refractivity contribution in [3.63, 3.8) is 0 Å². The molecule has 0 fully saturated rings. The first-order valence-corrected chi connectivity index (χ1v) is 7.22. The third kappa shape index (κ3) is 4.41. The third-order valence-electron chi connectivity index (χ3n) is 2.99. The van der Waals surface area contributed by atoms with Crippen LogP contribution < -0.4 is 10.1 Å². The van der Waals surface area contributed by atoms with Crippen LogP contribution in [0.5, 0.6) is 5.75 Å². The molecule has 0 atom stereocenters. The summed E-state index contributed by atoms with van der Waals surface area (Å²) in [7, 11) is 0. The molecule has 0 bridgehead atoms. The molecule has 1 aromatic heterocycles. The number of pyridine rings is 1. The second-order valence-electron chi connectivity index (χ2n) is 4.71. The maximum absolute atomic E-state index is 13.4. The van der Waals surface area contributed by atoms with E-state index in [1.165, 1.54) is 12.1 Å². The molecular formula is C16H18ClFN2O. The molecule has 2 aromatic rings. The van der Waals surface area contributed by atoms with Gasteiger partial charge in [-0.15, -0.1) is 0 Å². The van der Waals surface area contributed by atoms with Gasteiger partial charge in [0, 0.05) is 12.2 Å². The Morgan fingerprint density at radius 2 is 2.10 bits per heavy atom. The van der Waals surface area contributed by atoms with Crippen LogP contribution in [0.25, 0.3) is 0 Å². The van der Waals surface area contributed by atoms with E-state index in [2.05, 4.69) is 10.3 Å². The Morgan fingerprint density at radius 1 is 1.29 bits per heavy atom. The highest BCUT2D eigenvalue weighted by molar-refractivity contribution is 6.30. The Labute approximate surface area is 129 Å². The molecule has 2 rings (SSSR count). The Bertz CT molecular complexity index is 619. The van der Waals surface area contributed by atoms with E-state index in [1.54, 1.807) is 6.07 Å². The molecule has 0 saturated carbocycles. The van der Waals surface area contributed by atoms with Gasteiger partial charge in [-0.3, -0.25) is 4.98 Å². The number of hydrogen-bond donors (Lipinski definition) is 1. The number of rotatable bonds is 6. The molecule has 0 aliphatic rings. The molecule has 1 heterocycles. The average Bonchev–Trinajstić information content (AvgIpc) is 2.47. The summed E-state index contributed by atoms with van der Waals surface area (Å²) in [6.07, 6.45) is 0. The first-order chi connectivity index (χ1) is 10.1. The van der Waals surface area contributed by atoms with Gasteiger partial charge in [0.1, 0.15) is 18.2 Å². The Morgan fingerprint density at radius 3 is 2.81 bits per heavy atom. The van der Waals surface area contributed by atoms with Crippen molar-refractivity contribution in [2.24, 2.45) is 0 Å². The number of ether oxygens (including phenoxy) is 1. The molecule has 0 amide bonds. The molecule has 0 aliphatic heterocycles. The Balaban J connectivity index is 2.09. The zero-order valence-electron chi connectivity index (χ0n) is 12.1. The summed E-state index contributed by atoms with van der Waals surface area (Å²) in [5, 5.41) is 3.34. The standard InChI is InChI=1S/C16H18ClFN2O/c1-3-19-9-15-16(7-4-11(2)20-15)21-10-12-5-6-13(17)14(18)8-12/h4-8,19H,3,9-10H2,1-2H3. The molecule has 3 nitrogen and oxygen atoms in total. The molecule has 0 saturated heterocycles. The van der Waals surface area contributed by atoms with E-state index < -0.39 is 5.82 Å².